The number of Topliss-reactive ketones (excluding diaryl/α,β-unsaturated/α-hetero) is 2. The maximum Gasteiger partial charge on any atom is 0.306 e. The zero-order chi connectivity index (χ0) is 20.4. The molecule has 3 aliphatic carbocycles. The smallest absolute Gasteiger partial charge is 0.306 e. The average Bonchev–Trinajstić information content (AvgIpc) is 2.65. The number of hydrogen-bond acceptors (Lipinski definition) is 7. The number of carbonyl (C=O) groups is 3. The van der Waals surface area contributed by atoms with Crippen molar-refractivity contribution in [1.29, 1.82) is 0 Å². The highest BCUT2D eigenvalue weighted by Crippen LogP contribution is 2.66. The van der Waals surface area contributed by atoms with E-state index in [0.29, 0.717) is 18.4 Å². The molecule has 2 fully saturated rings. The Morgan fingerprint density at radius 3 is 2.54 bits per heavy atom. The molecule has 1 saturated heterocycles. The topological polar surface area (TPSA) is 99.1 Å². The number of hydrogen-bond donors (Lipinski definition) is 1. The lowest BCUT2D eigenvalue weighted by Gasteiger charge is -2.63. The molecule has 0 aromatic carbocycles. The van der Waals surface area contributed by atoms with Crippen molar-refractivity contribution < 1.29 is 33.7 Å². The third-order valence-corrected chi connectivity index (χ3v) is 7.75. The normalized spacial score (nSPS) is 42.3. The Balaban J connectivity index is 1.97. The van der Waals surface area contributed by atoms with E-state index in [4.69, 9.17) is 14.2 Å². The number of carbonyl (C=O) groups excluding carboxylic acids is 3. The first-order valence-corrected chi connectivity index (χ1v) is 9.65. The van der Waals surface area contributed by atoms with Crippen molar-refractivity contribution in [3.8, 4) is 0 Å². The Morgan fingerprint density at radius 1 is 1.21 bits per heavy atom. The molecule has 7 heteroatoms. The summed E-state index contributed by atoms with van der Waals surface area (Å²) in [5.41, 5.74) is -1.35. The van der Waals surface area contributed by atoms with Crippen molar-refractivity contribution in [2.45, 2.75) is 39.2 Å². The number of aliphatic hydroxyl groups excluding tert-OH is 1. The lowest BCUT2D eigenvalue weighted by atomic mass is 9.41. The van der Waals surface area contributed by atoms with Gasteiger partial charge < -0.3 is 19.3 Å². The predicted molar refractivity (Wildman–Crippen MR) is 96.6 cm³/mol. The van der Waals surface area contributed by atoms with E-state index in [9.17, 15) is 19.5 Å². The molecule has 0 amide bonds. The van der Waals surface area contributed by atoms with E-state index in [1.54, 1.807) is 6.08 Å². The molecule has 0 unspecified atom stereocenters. The standard InChI is InChI=1S/C21H26O7/c1-20-10(5-6-13(26-3)19(20)25)7-14-21(2)12(8-15(23)28-14)11(9-22)17(27-4)16(24)18(20)21/h6,10,12,14,18,22H,5,7-9H2,1-4H3/t10-,12+,14-,18-,20+,21-/m1/s1. The van der Waals surface area contributed by atoms with E-state index >= 15 is 0 Å². The number of allylic oxidation sites excluding steroid dienone is 3. The maximum atomic E-state index is 13.6. The van der Waals surface area contributed by atoms with Gasteiger partial charge in [-0.3, -0.25) is 14.4 Å². The first kappa shape index (κ1) is 19.2. The Kier molecular flexibility index (Phi) is 4.23. The van der Waals surface area contributed by atoms with Crippen LogP contribution in [0, 0.1) is 28.6 Å². The molecule has 28 heavy (non-hydrogen) atoms. The van der Waals surface area contributed by atoms with Crippen molar-refractivity contribution >= 4 is 17.5 Å². The van der Waals surface area contributed by atoms with Gasteiger partial charge in [0.05, 0.1) is 27.2 Å². The molecule has 6 atom stereocenters. The van der Waals surface area contributed by atoms with Gasteiger partial charge >= 0.3 is 5.97 Å². The first-order chi connectivity index (χ1) is 13.2. The molecule has 1 heterocycles. The molecule has 1 N–H and O–H groups in total. The van der Waals surface area contributed by atoms with Crippen LogP contribution in [0.3, 0.4) is 0 Å². The van der Waals surface area contributed by atoms with Gasteiger partial charge in [0.25, 0.3) is 0 Å². The second kappa shape index (κ2) is 6.17. The van der Waals surface area contributed by atoms with Crippen LogP contribution in [0.4, 0.5) is 0 Å². The number of aliphatic hydroxyl groups is 1. The SMILES string of the molecule is COC1=CC[C@@H]2C[C@H]3OC(=O)C[C@H]4C(CO)=C(OC)C(=O)[C@H]([C@@]2(C)C1=O)[C@@]34C. The molecule has 4 rings (SSSR count). The van der Waals surface area contributed by atoms with E-state index in [0.717, 1.165) is 0 Å². The zero-order valence-electron chi connectivity index (χ0n) is 16.6. The van der Waals surface area contributed by atoms with E-state index < -0.39 is 28.8 Å². The molecule has 0 spiro atoms. The van der Waals surface area contributed by atoms with Crippen molar-refractivity contribution in [3.63, 3.8) is 0 Å². The Hall–Kier alpha value is -2.15. The molecule has 4 aliphatic rings. The number of fused-ring (bicyclic) bond motifs is 2. The number of esters is 1. The van der Waals surface area contributed by atoms with Crippen LogP contribution in [0.25, 0.3) is 0 Å². The number of ether oxygens (including phenoxy) is 3. The molecule has 7 nitrogen and oxygen atoms in total. The minimum Gasteiger partial charge on any atom is -0.493 e. The van der Waals surface area contributed by atoms with Crippen molar-refractivity contribution in [3.05, 3.63) is 23.2 Å². The summed E-state index contributed by atoms with van der Waals surface area (Å²) in [4.78, 5) is 39.4. The van der Waals surface area contributed by atoms with Crippen LogP contribution in [0.15, 0.2) is 23.2 Å². The fraction of sp³-hybridized carbons (Fsp3) is 0.667. The molecule has 0 aromatic heterocycles. The highest BCUT2D eigenvalue weighted by atomic mass is 16.5. The lowest BCUT2D eigenvalue weighted by Crippen LogP contribution is -2.68. The molecule has 152 valence electrons. The number of rotatable bonds is 3. The monoisotopic (exact) mass is 390 g/mol. The Morgan fingerprint density at radius 2 is 1.93 bits per heavy atom. The van der Waals surface area contributed by atoms with Gasteiger partial charge in [0.15, 0.2) is 11.5 Å². The first-order valence-electron chi connectivity index (χ1n) is 9.65. The van der Waals surface area contributed by atoms with Crippen LogP contribution in [0.2, 0.25) is 0 Å². The Bertz CT molecular complexity index is 825. The largest absolute Gasteiger partial charge is 0.493 e. The van der Waals surface area contributed by atoms with Gasteiger partial charge in [0.2, 0.25) is 11.6 Å². The maximum absolute atomic E-state index is 13.6. The highest BCUT2D eigenvalue weighted by Gasteiger charge is 2.71. The fourth-order valence-electron chi connectivity index (χ4n) is 6.37. The quantitative estimate of drug-likeness (QED) is 0.730. The minimum atomic E-state index is -0.991. The summed E-state index contributed by atoms with van der Waals surface area (Å²) in [5.74, 6) is -1.77. The van der Waals surface area contributed by atoms with Gasteiger partial charge in [0, 0.05) is 28.2 Å². The van der Waals surface area contributed by atoms with E-state index in [1.807, 2.05) is 13.8 Å². The lowest BCUT2D eigenvalue weighted by molar-refractivity contribution is -0.214. The summed E-state index contributed by atoms with van der Waals surface area (Å²) in [7, 11) is 2.84. The summed E-state index contributed by atoms with van der Waals surface area (Å²) in [6.45, 7) is 3.37. The zero-order valence-corrected chi connectivity index (χ0v) is 16.6. The van der Waals surface area contributed by atoms with Crippen LogP contribution < -0.4 is 0 Å². The van der Waals surface area contributed by atoms with E-state index in [1.165, 1.54) is 14.2 Å². The number of methoxy groups -OCH3 is 2. The van der Waals surface area contributed by atoms with E-state index in [-0.39, 0.29) is 48.0 Å². The third-order valence-electron chi connectivity index (χ3n) is 7.75. The van der Waals surface area contributed by atoms with Crippen LogP contribution >= 0.6 is 0 Å². The molecule has 1 aliphatic heterocycles. The summed E-state index contributed by atoms with van der Waals surface area (Å²) in [6.07, 6.45) is 2.40. The summed E-state index contributed by atoms with van der Waals surface area (Å²) in [6, 6.07) is 0. The molecular formula is C21H26O7. The van der Waals surface area contributed by atoms with Gasteiger partial charge in [-0.1, -0.05) is 13.8 Å². The molecule has 0 bridgehead atoms. The van der Waals surface area contributed by atoms with Gasteiger partial charge in [-0.15, -0.1) is 0 Å². The summed E-state index contributed by atoms with van der Waals surface area (Å²) in [5, 5.41) is 10.0. The van der Waals surface area contributed by atoms with Gasteiger partial charge in [-0.25, -0.2) is 0 Å². The van der Waals surface area contributed by atoms with E-state index in [2.05, 4.69) is 0 Å². The van der Waals surface area contributed by atoms with Crippen LogP contribution in [-0.4, -0.2) is 49.6 Å². The van der Waals surface area contributed by atoms with Crippen LogP contribution in [0.1, 0.15) is 33.1 Å². The van der Waals surface area contributed by atoms with Crippen molar-refractivity contribution in [2.24, 2.45) is 28.6 Å². The van der Waals surface area contributed by atoms with Gasteiger partial charge in [-0.2, -0.15) is 0 Å². The molecule has 1 saturated carbocycles. The van der Waals surface area contributed by atoms with Crippen molar-refractivity contribution in [2.75, 3.05) is 20.8 Å². The highest BCUT2D eigenvalue weighted by molar-refractivity contribution is 6.07. The molecule has 0 aromatic rings. The van der Waals surface area contributed by atoms with Crippen LogP contribution in [-0.2, 0) is 28.6 Å². The molecular weight excluding hydrogens is 364 g/mol. The molecule has 0 radical (unpaired) electrons. The van der Waals surface area contributed by atoms with Gasteiger partial charge in [-0.05, 0) is 24.8 Å². The summed E-state index contributed by atoms with van der Waals surface area (Å²) < 4.78 is 16.4. The minimum absolute atomic E-state index is 0.0570. The Labute approximate surface area is 163 Å². The second-order valence-corrected chi connectivity index (χ2v) is 8.67. The second-order valence-electron chi connectivity index (χ2n) is 8.67. The predicted octanol–water partition coefficient (Wildman–Crippen LogP) is 1.55. The van der Waals surface area contributed by atoms with Crippen molar-refractivity contribution in [1.82, 2.24) is 0 Å². The van der Waals surface area contributed by atoms with Crippen LogP contribution in [0.5, 0.6) is 0 Å². The number of ketones is 2. The third kappa shape index (κ3) is 2.11. The summed E-state index contributed by atoms with van der Waals surface area (Å²) >= 11 is 0. The fourth-order valence-corrected chi connectivity index (χ4v) is 6.37. The van der Waals surface area contributed by atoms with Gasteiger partial charge in [0.1, 0.15) is 6.10 Å². The average molecular weight is 390 g/mol.